The van der Waals surface area contributed by atoms with Gasteiger partial charge in [-0.25, -0.2) is 9.48 Å². The number of halogens is 6. The fourth-order valence-electron chi connectivity index (χ4n) is 2.96. The predicted molar refractivity (Wildman–Crippen MR) is 82.7 cm³/mol. The number of aromatic nitrogens is 2. The van der Waals surface area contributed by atoms with Crippen molar-refractivity contribution in [2.24, 2.45) is 0 Å². The van der Waals surface area contributed by atoms with Gasteiger partial charge in [0.1, 0.15) is 17.1 Å². The average Bonchev–Trinajstić information content (AvgIpc) is 3.13. The van der Waals surface area contributed by atoms with E-state index in [1.54, 1.807) is 0 Å². The molecule has 0 unspecified atom stereocenters. The maximum Gasteiger partial charge on any atom is 0.573 e. The Hall–Kier alpha value is -2.92. The van der Waals surface area contributed by atoms with Gasteiger partial charge < -0.3 is 14.4 Å². The van der Waals surface area contributed by atoms with Crippen molar-refractivity contribution in [1.29, 1.82) is 0 Å². The zero-order chi connectivity index (χ0) is 20.7. The summed E-state index contributed by atoms with van der Waals surface area (Å²) in [6.07, 6.45) is -9.74. The van der Waals surface area contributed by atoms with Gasteiger partial charge in [0.25, 0.3) is 0 Å². The molecular formula is C16H13F6N3O3. The molecule has 1 aromatic heterocycles. The first kappa shape index (κ1) is 19.8. The number of rotatable bonds is 4. The zero-order valence-corrected chi connectivity index (χ0v) is 14.3. The Morgan fingerprint density at radius 1 is 1.18 bits per heavy atom. The monoisotopic (exact) mass is 409 g/mol. The van der Waals surface area contributed by atoms with Gasteiger partial charge in [0.05, 0.1) is 13.7 Å². The Morgan fingerprint density at radius 3 is 2.50 bits per heavy atom. The summed E-state index contributed by atoms with van der Waals surface area (Å²) in [5, 5.41) is 3.46. The lowest BCUT2D eigenvalue weighted by Crippen LogP contribution is -2.24. The van der Waals surface area contributed by atoms with Gasteiger partial charge in [-0.1, -0.05) is 12.1 Å². The van der Waals surface area contributed by atoms with Crippen LogP contribution in [0.1, 0.15) is 21.6 Å². The van der Waals surface area contributed by atoms with Gasteiger partial charge in [0, 0.05) is 13.1 Å². The molecule has 1 aromatic carbocycles. The van der Waals surface area contributed by atoms with Crippen LogP contribution in [0.15, 0.2) is 24.3 Å². The molecule has 0 aliphatic carbocycles. The molecular weight excluding hydrogens is 396 g/mol. The second-order valence-electron chi connectivity index (χ2n) is 5.88. The highest BCUT2D eigenvalue weighted by molar-refractivity contribution is 5.96. The first-order valence-corrected chi connectivity index (χ1v) is 7.85. The van der Waals surface area contributed by atoms with E-state index in [0.29, 0.717) is 5.56 Å². The number of anilines is 1. The summed E-state index contributed by atoms with van der Waals surface area (Å²) in [6, 6.07) is 5.04. The summed E-state index contributed by atoms with van der Waals surface area (Å²) in [5.41, 5.74) is -1.75. The Bertz CT molecular complexity index is 891. The molecule has 2 heterocycles. The van der Waals surface area contributed by atoms with E-state index < -0.39 is 35.5 Å². The summed E-state index contributed by atoms with van der Waals surface area (Å²) >= 11 is 0. The number of benzene rings is 1. The second kappa shape index (κ2) is 6.91. The molecule has 0 saturated heterocycles. The molecule has 28 heavy (non-hydrogen) atoms. The summed E-state index contributed by atoms with van der Waals surface area (Å²) in [5.74, 6) is -1.75. The number of hydrogen-bond donors (Lipinski definition) is 0. The van der Waals surface area contributed by atoms with Gasteiger partial charge in [-0.15, -0.1) is 13.2 Å². The van der Waals surface area contributed by atoms with Crippen molar-refractivity contribution >= 4 is 11.8 Å². The Morgan fingerprint density at radius 2 is 1.89 bits per heavy atom. The molecule has 0 amide bonds. The molecule has 3 rings (SSSR count). The van der Waals surface area contributed by atoms with E-state index in [2.05, 4.69) is 14.6 Å². The molecule has 0 spiro atoms. The lowest BCUT2D eigenvalue weighted by molar-refractivity contribution is -0.274. The number of carbonyl (C=O) groups is 1. The van der Waals surface area contributed by atoms with E-state index in [-0.39, 0.29) is 25.5 Å². The highest BCUT2D eigenvalue weighted by Crippen LogP contribution is 2.39. The third-order valence-corrected chi connectivity index (χ3v) is 3.97. The number of alkyl halides is 6. The van der Waals surface area contributed by atoms with Crippen LogP contribution in [0.4, 0.5) is 32.2 Å². The third kappa shape index (κ3) is 3.99. The van der Waals surface area contributed by atoms with Crippen LogP contribution in [0, 0.1) is 0 Å². The number of hydrogen-bond acceptors (Lipinski definition) is 5. The van der Waals surface area contributed by atoms with E-state index in [1.165, 1.54) is 17.0 Å². The smallest absolute Gasteiger partial charge is 0.465 e. The number of fused-ring (bicyclic) bond motifs is 1. The average molecular weight is 409 g/mol. The first-order chi connectivity index (χ1) is 13.0. The quantitative estimate of drug-likeness (QED) is 0.571. The molecule has 152 valence electrons. The van der Waals surface area contributed by atoms with Crippen LogP contribution in [-0.4, -0.2) is 35.8 Å². The van der Waals surface area contributed by atoms with Gasteiger partial charge >= 0.3 is 18.5 Å². The summed E-state index contributed by atoms with van der Waals surface area (Å²) in [4.78, 5) is 13.4. The molecule has 0 radical (unpaired) electrons. The van der Waals surface area contributed by atoms with Crippen molar-refractivity contribution in [3.8, 4) is 5.75 Å². The lowest BCUT2D eigenvalue weighted by atomic mass is 10.1. The normalized spacial score (nSPS) is 14.2. The molecule has 0 atom stereocenters. The van der Waals surface area contributed by atoms with Crippen LogP contribution in [-0.2, 0) is 24.0 Å². The highest BCUT2D eigenvalue weighted by atomic mass is 19.4. The van der Waals surface area contributed by atoms with Crippen molar-refractivity contribution in [3.63, 3.8) is 0 Å². The number of methoxy groups -OCH3 is 1. The SMILES string of the molecule is COC(=O)c1c(C(F)(F)F)nn2c1N(Cc1cccc(OC(F)(F)F)c1)CC2. The molecule has 6 nitrogen and oxygen atoms in total. The van der Waals surface area contributed by atoms with Gasteiger partial charge in [-0.2, -0.15) is 18.3 Å². The van der Waals surface area contributed by atoms with Crippen molar-refractivity contribution in [1.82, 2.24) is 9.78 Å². The molecule has 2 aromatic rings. The van der Waals surface area contributed by atoms with Crippen LogP contribution < -0.4 is 9.64 Å². The summed E-state index contributed by atoms with van der Waals surface area (Å²) in [6.45, 7) is 0.241. The maximum absolute atomic E-state index is 13.2. The van der Waals surface area contributed by atoms with E-state index in [4.69, 9.17) is 0 Å². The van der Waals surface area contributed by atoms with E-state index in [1.807, 2.05) is 0 Å². The fourth-order valence-corrected chi connectivity index (χ4v) is 2.96. The van der Waals surface area contributed by atoms with E-state index >= 15 is 0 Å². The first-order valence-electron chi connectivity index (χ1n) is 7.85. The van der Waals surface area contributed by atoms with E-state index in [0.717, 1.165) is 23.9 Å². The minimum Gasteiger partial charge on any atom is -0.465 e. The standard InChI is InChI=1S/C16H13F6N3O3/c1-27-14(26)11-12(15(17,18)19)23-25-6-5-24(13(11)25)8-9-3-2-4-10(7-9)28-16(20,21)22/h2-4,7H,5-6,8H2,1H3. The topological polar surface area (TPSA) is 56.6 Å². The van der Waals surface area contributed by atoms with Crippen molar-refractivity contribution < 1.29 is 40.6 Å². The summed E-state index contributed by atoms with van der Waals surface area (Å²) < 4.78 is 86.2. The predicted octanol–water partition coefficient (Wildman–Crippen LogP) is 3.61. The molecule has 0 saturated carbocycles. The number of nitrogens with zero attached hydrogens (tertiary/aromatic N) is 3. The van der Waals surface area contributed by atoms with Gasteiger partial charge in [0.15, 0.2) is 5.69 Å². The number of carbonyl (C=O) groups excluding carboxylic acids is 1. The zero-order valence-electron chi connectivity index (χ0n) is 14.3. The molecule has 1 aliphatic heterocycles. The van der Waals surface area contributed by atoms with Gasteiger partial charge in [0.2, 0.25) is 0 Å². The van der Waals surface area contributed by atoms with Gasteiger partial charge in [-0.3, -0.25) is 0 Å². The minimum absolute atomic E-state index is 0.0535. The van der Waals surface area contributed by atoms with Crippen molar-refractivity contribution in [2.45, 2.75) is 25.6 Å². The van der Waals surface area contributed by atoms with Crippen LogP contribution >= 0.6 is 0 Å². The molecule has 0 N–H and O–H groups in total. The Labute approximate surface area is 154 Å². The molecule has 12 heteroatoms. The van der Waals surface area contributed by atoms with Crippen molar-refractivity contribution in [3.05, 3.63) is 41.1 Å². The van der Waals surface area contributed by atoms with Crippen LogP contribution in [0.25, 0.3) is 0 Å². The largest absolute Gasteiger partial charge is 0.573 e. The molecule has 1 aliphatic rings. The summed E-state index contributed by atoms with van der Waals surface area (Å²) in [7, 11) is 0.948. The molecule has 0 bridgehead atoms. The lowest BCUT2D eigenvalue weighted by Gasteiger charge is -2.19. The maximum atomic E-state index is 13.2. The van der Waals surface area contributed by atoms with Gasteiger partial charge in [-0.05, 0) is 17.7 Å². The second-order valence-corrected chi connectivity index (χ2v) is 5.88. The van der Waals surface area contributed by atoms with Crippen LogP contribution in [0.5, 0.6) is 5.75 Å². The Balaban J connectivity index is 1.94. The van der Waals surface area contributed by atoms with Crippen molar-refractivity contribution in [2.75, 3.05) is 18.6 Å². The fraction of sp³-hybridized carbons (Fsp3) is 0.375. The molecule has 0 fully saturated rings. The van der Waals surface area contributed by atoms with Crippen LogP contribution in [0.2, 0.25) is 0 Å². The number of ether oxygens (including phenoxy) is 2. The highest BCUT2D eigenvalue weighted by Gasteiger charge is 2.44. The minimum atomic E-state index is -4.87. The Kier molecular flexibility index (Phi) is 4.90. The van der Waals surface area contributed by atoms with E-state index in [9.17, 15) is 31.1 Å². The van der Waals surface area contributed by atoms with Crippen LogP contribution in [0.3, 0.4) is 0 Å². The third-order valence-electron chi connectivity index (χ3n) is 3.97. The number of esters is 1.